The van der Waals surface area contributed by atoms with Gasteiger partial charge in [0.15, 0.2) is 0 Å². The summed E-state index contributed by atoms with van der Waals surface area (Å²) in [4.78, 5) is 10.9. The molecule has 0 spiro atoms. The normalized spacial score (nSPS) is 16.5. The second-order valence-electron chi connectivity index (χ2n) is 4.38. The minimum absolute atomic E-state index is 0.0600. The van der Waals surface area contributed by atoms with Crippen LogP contribution in [0.1, 0.15) is 31.7 Å². The molecule has 0 aliphatic carbocycles. The van der Waals surface area contributed by atoms with Gasteiger partial charge in [-0.25, -0.2) is 0 Å². The van der Waals surface area contributed by atoms with Crippen LogP contribution in [0.25, 0.3) is 0 Å². The monoisotopic (exact) mass is 241 g/mol. The van der Waals surface area contributed by atoms with Crippen molar-refractivity contribution in [3.05, 3.63) is 34.9 Å². The summed E-state index contributed by atoms with van der Waals surface area (Å²) in [6.45, 7) is 3.47. The minimum Gasteiger partial charge on any atom is -0.480 e. The summed E-state index contributed by atoms with van der Waals surface area (Å²) in [7, 11) is 0. The van der Waals surface area contributed by atoms with Crippen molar-refractivity contribution in [3.8, 4) is 0 Å². The highest BCUT2D eigenvalue weighted by Crippen LogP contribution is 2.26. The summed E-state index contributed by atoms with van der Waals surface area (Å²) in [5.74, 6) is -0.925. The number of carboxylic acid groups (broad SMARTS) is 1. The molecule has 1 rings (SSSR count). The molecule has 88 valence electrons. The lowest BCUT2D eigenvalue weighted by Gasteiger charge is -2.23. The number of nitrogens with two attached hydrogens (primary N) is 1. The smallest absolute Gasteiger partial charge is 0.323 e. The van der Waals surface area contributed by atoms with Crippen molar-refractivity contribution in [2.75, 3.05) is 0 Å². The van der Waals surface area contributed by atoms with Crippen molar-refractivity contribution >= 4 is 17.6 Å². The maximum absolute atomic E-state index is 10.9. The molecule has 0 fully saturated rings. The highest BCUT2D eigenvalue weighted by atomic mass is 35.5. The van der Waals surface area contributed by atoms with E-state index in [9.17, 15) is 4.79 Å². The third-order valence-electron chi connectivity index (χ3n) is 2.64. The summed E-state index contributed by atoms with van der Waals surface area (Å²) >= 11 is 5.88. The molecule has 1 aromatic carbocycles. The number of benzene rings is 1. The number of hydrogen-bond acceptors (Lipinski definition) is 2. The van der Waals surface area contributed by atoms with E-state index in [1.165, 1.54) is 6.92 Å². The van der Waals surface area contributed by atoms with Gasteiger partial charge < -0.3 is 10.8 Å². The van der Waals surface area contributed by atoms with E-state index in [1.807, 2.05) is 25.1 Å². The fourth-order valence-corrected chi connectivity index (χ4v) is 1.85. The molecule has 0 radical (unpaired) electrons. The number of rotatable bonds is 4. The van der Waals surface area contributed by atoms with E-state index in [0.29, 0.717) is 11.4 Å². The first-order valence-corrected chi connectivity index (χ1v) is 5.48. The van der Waals surface area contributed by atoms with Crippen molar-refractivity contribution in [2.45, 2.75) is 31.7 Å². The molecule has 0 amide bonds. The van der Waals surface area contributed by atoms with Gasteiger partial charge in [-0.15, -0.1) is 0 Å². The average molecular weight is 242 g/mol. The van der Waals surface area contributed by atoms with Crippen LogP contribution in [0, 0.1) is 0 Å². The van der Waals surface area contributed by atoms with Crippen LogP contribution in [-0.2, 0) is 4.79 Å². The quantitative estimate of drug-likeness (QED) is 0.852. The molecule has 0 saturated carbocycles. The Morgan fingerprint density at radius 1 is 1.62 bits per heavy atom. The summed E-state index contributed by atoms with van der Waals surface area (Å²) in [5.41, 5.74) is 5.50. The number of hydrogen-bond donors (Lipinski definition) is 2. The lowest BCUT2D eigenvalue weighted by atomic mass is 9.87. The Kier molecular flexibility index (Phi) is 3.94. The number of carbonyl (C=O) groups is 1. The van der Waals surface area contributed by atoms with E-state index >= 15 is 0 Å². The van der Waals surface area contributed by atoms with Gasteiger partial charge in [0, 0.05) is 5.02 Å². The summed E-state index contributed by atoms with van der Waals surface area (Å²) < 4.78 is 0. The zero-order valence-electron chi connectivity index (χ0n) is 9.40. The predicted molar refractivity (Wildman–Crippen MR) is 64.7 cm³/mol. The molecule has 3 nitrogen and oxygen atoms in total. The van der Waals surface area contributed by atoms with Gasteiger partial charge in [0.2, 0.25) is 0 Å². The van der Waals surface area contributed by atoms with Crippen LogP contribution >= 0.6 is 11.6 Å². The molecule has 0 bridgehead atoms. The lowest BCUT2D eigenvalue weighted by Crippen LogP contribution is -2.45. The third kappa shape index (κ3) is 3.22. The Balaban J connectivity index is 2.80. The Labute approximate surface area is 100 Å². The van der Waals surface area contributed by atoms with Gasteiger partial charge in [-0.1, -0.05) is 30.7 Å². The van der Waals surface area contributed by atoms with Crippen LogP contribution < -0.4 is 5.73 Å². The van der Waals surface area contributed by atoms with Crippen molar-refractivity contribution in [1.82, 2.24) is 0 Å². The minimum atomic E-state index is -1.21. The Hall–Kier alpha value is -1.06. The first-order chi connectivity index (χ1) is 7.33. The topological polar surface area (TPSA) is 63.3 Å². The molecule has 2 atom stereocenters. The van der Waals surface area contributed by atoms with Gasteiger partial charge in [-0.2, -0.15) is 0 Å². The SMILES string of the molecule is CC(CC(C)(N)C(=O)O)c1cccc(Cl)c1. The van der Waals surface area contributed by atoms with E-state index in [2.05, 4.69) is 0 Å². The van der Waals surface area contributed by atoms with Gasteiger partial charge in [0.1, 0.15) is 5.54 Å². The van der Waals surface area contributed by atoms with E-state index in [-0.39, 0.29) is 5.92 Å². The van der Waals surface area contributed by atoms with Crippen LogP contribution in [0.5, 0.6) is 0 Å². The molecular formula is C12H16ClNO2. The second-order valence-corrected chi connectivity index (χ2v) is 4.82. The van der Waals surface area contributed by atoms with Gasteiger partial charge >= 0.3 is 5.97 Å². The van der Waals surface area contributed by atoms with Gasteiger partial charge in [-0.3, -0.25) is 4.79 Å². The van der Waals surface area contributed by atoms with Crippen molar-refractivity contribution < 1.29 is 9.90 Å². The van der Waals surface area contributed by atoms with E-state index in [4.69, 9.17) is 22.4 Å². The van der Waals surface area contributed by atoms with E-state index in [1.54, 1.807) is 6.07 Å². The predicted octanol–water partition coefficient (Wildman–Crippen LogP) is 2.64. The van der Waals surface area contributed by atoms with E-state index < -0.39 is 11.5 Å². The molecule has 0 saturated heterocycles. The zero-order valence-corrected chi connectivity index (χ0v) is 10.2. The highest BCUT2D eigenvalue weighted by Gasteiger charge is 2.30. The molecule has 0 aliphatic heterocycles. The van der Waals surface area contributed by atoms with Gasteiger partial charge in [0.25, 0.3) is 0 Å². The van der Waals surface area contributed by atoms with Crippen LogP contribution in [0.4, 0.5) is 0 Å². The van der Waals surface area contributed by atoms with Crippen molar-refractivity contribution in [1.29, 1.82) is 0 Å². The standard InChI is InChI=1S/C12H16ClNO2/c1-8(7-12(2,14)11(15)16)9-4-3-5-10(13)6-9/h3-6,8H,7,14H2,1-2H3,(H,15,16). The Morgan fingerprint density at radius 3 is 2.75 bits per heavy atom. The van der Waals surface area contributed by atoms with Crippen LogP contribution in [-0.4, -0.2) is 16.6 Å². The van der Waals surface area contributed by atoms with Crippen LogP contribution in [0.2, 0.25) is 5.02 Å². The van der Waals surface area contributed by atoms with Crippen molar-refractivity contribution in [3.63, 3.8) is 0 Å². The van der Waals surface area contributed by atoms with Gasteiger partial charge in [-0.05, 0) is 37.0 Å². The highest BCUT2D eigenvalue weighted by molar-refractivity contribution is 6.30. The molecule has 3 N–H and O–H groups in total. The lowest BCUT2D eigenvalue weighted by molar-refractivity contribution is -0.143. The summed E-state index contributed by atoms with van der Waals surface area (Å²) in [6, 6.07) is 7.40. The fourth-order valence-electron chi connectivity index (χ4n) is 1.65. The first-order valence-electron chi connectivity index (χ1n) is 5.10. The first kappa shape index (κ1) is 13.0. The number of halogens is 1. The molecule has 16 heavy (non-hydrogen) atoms. The molecule has 2 unspecified atom stereocenters. The van der Waals surface area contributed by atoms with Crippen LogP contribution in [0.15, 0.2) is 24.3 Å². The zero-order chi connectivity index (χ0) is 12.3. The van der Waals surface area contributed by atoms with Gasteiger partial charge in [0.05, 0.1) is 0 Å². The third-order valence-corrected chi connectivity index (χ3v) is 2.87. The molecule has 4 heteroatoms. The Bertz CT molecular complexity index is 390. The average Bonchev–Trinajstić information content (AvgIpc) is 2.16. The summed E-state index contributed by atoms with van der Waals surface area (Å²) in [5, 5.41) is 9.59. The summed E-state index contributed by atoms with van der Waals surface area (Å²) in [6.07, 6.45) is 0.378. The second kappa shape index (κ2) is 4.85. The number of aliphatic carboxylic acids is 1. The molecule has 0 aromatic heterocycles. The van der Waals surface area contributed by atoms with Crippen molar-refractivity contribution in [2.24, 2.45) is 5.73 Å². The van der Waals surface area contributed by atoms with E-state index in [0.717, 1.165) is 5.56 Å². The Morgan fingerprint density at radius 2 is 2.25 bits per heavy atom. The molecule has 0 heterocycles. The fraction of sp³-hybridized carbons (Fsp3) is 0.417. The molecule has 0 aliphatic rings. The maximum Gasteiger partial charge on any atom is 0.323 e. The molecule has 1 aromatic rings. The largest absolute Gasteiger partial charge is 0.480 e. The maximum atomic E-state index is 10.9. The van der Waals surface area contributed by atoms with Crippen LogP contribution in [0.3, 0.4) is 0 Å². The molecular weight excluding hydrogens is 226 g/mol. The number of carboxylic acids is 1.